The topological polar surface area (TPSA) is 57.7 Å². The molecule has 2 fully saturated rings. The highest BCUT2D eigenvalue weighted by Crippen LogP contribution is 2.31. The standard InChI is InChI=1S/C27H30N4O2/c32-27-25-9-8-22(14-20(25)17-31(27)21-5-2-11-28-15-21)33-23-10-13-30(18-23)16-19-4-1-7-26-24(19)6-3-12-29-26/h1,3-4,6-9,12,14,21,23,28H,2,5,10-11,13,15-18H2/t21?,23-/m0/s1. The summed E-state index contributed by atoms with van der Waals surface area (Å²) in [5.74, 6) is 1.05. The van der Waals surface area contributed by atoms with E-state index in [9.17, 15) is 4.79 Å². The van der Waals surface area contributed by atoms with Gasteiger partial charge in [-0.1, -0.05) is 18.2 Å². The second-order valence-corrected chi connectivity index (χ2v) is 9.50. The van der Waals surface area contributed by atoms with Crippen molar-refractivity contribution in [2.24, 2.45) is 0 Å². The Kier molecular flexibility index (Phi) is 5.48. The number of pyridine rings is 1. The van der Waals surface area contributed by atoms with Gasteiger partial charge in [0.05, 0.1) is 5.52 Å². The van der Waals surface area contributed by atoms with Gasteiger partial charge in [-0.3, -0.25) is 14.7 Å². The summed E-state index contributed by atoms with van der Waals surface area (Å²) in [6.45, 7) is 5.49. The molecule has 33 heavy (non-hydrogen) atoms. The van der Waals surface area contributed by atoms with Gasteiger partial charge in [0.15, 0.2) is 0 Å². The van der Waals surface area contributed by atoms with E-state index in [4.69, 9.17) is 4.74 Å². The lowest BCUT2D eigenvalue weighted by molar-refractivity contribution is 0.0674. The summed E-state index contributed by atoms with van der Waals surface area (Å²) < 4.78 is 6.38. The molecule has 0 spiro atoms. The van der Waals surface area contributed by atoms with Gasteiger partial charge in [-0.15, -0.1) is 0 Å². The number of hydrogen-bond donors (Lipinski definition) is 1. The Morgan fingerprint density at radius 3 is 3.00 bits per heavy atom. The second kappa shape index (κ2) is 8.76. The van der Waals surface area contributed by atoms with Crippen molar-refractivity contribution in [1.29, 1.82) is 0 Å². The van der Waals surface area contributed by atoms with Crippen molar-refractivity contribution >= 4 is 16.8 Å². The quantitative estimate of drug-likeness (QED) is 0.654. The molecule has 2 saturated heterocycles. The molecule has 2 atom stereocenters. The van der Waals surface area contributed by atoms with Gasteiger partial charge in [-0.05, 0) is 67.3 Å². The maximum atomic E-state index is 12.9. The minimum absolute atomic E-state index is 0.168. The van der Waals surface area contributed by atoms with E-state index >= 15 is 0 Å². The lowest BCUT2D eigenvalue weighted by Gasteiger charge is -2.31. The van der Waals surface area contributed by atoms with E-state index in [2.05, 4.69) is 45.5 Å². The highest BCUT2D eigenvalue weighted by atomic mass is 16.5. The van der Waals surface area contributed by atoms with Crippen LogP contribution in [0.25, 0.3) is 10.9 Å². The van der Waals surface area contributed by atoms with Crippen molar-refractivity contribution < 1.29 is 9.53 Å². The van der Waals surface area contributed by atoms with Crippen LogP contribution in [-0.2, 0) is 13.1 Å². The molecule has 1 unspecified atom stereocenters. The number of nitrogens with one attached hydrogen (secondary N) is 1. The van der Waals surface area contributed by atoms with Crippen LogP contribution in [0.2, 0.25) is 0 Å². The monoisotopic (exact) mass is 442 g/mol. The van der Waals surface area contributed by atoms with Crippen molar-refractivity contribution in [3.05, 3.63) is 71.4 Å². The smallest absolute Gasteiger partial charge is 0.254 e. The van der Waals surface area contributed by atoms with Crippen LogP contribution in [0, 0.1) is 0 Å². The molecule has 0 aliphatic carbocycles. The lowest BCUT2D eigenvalue weighted by Crippen LogP contribution is -2.46. The average Bonchev–Trinajstić information content (AvgIpc) is 3.43. The molecular weight excluding hydrogens is 412 g/mol. The van der Waals surface area contributed by atoms with Crippen molar-refractivity contribution in [3.8, 4) is 5.75 Å². The first-order valence-electron chi connectivity index (χ1n) is 12.1. The predicted octanol–water partition coefficient (Wildman–Crippen LogP) is 3.60. The molecule has 6 heteroatoms. The summed E-state index contributed by atoms with van der Waals surface area (Å²) in [7, 11) is 0. The van der Waals surface area contributed by atoms with Crippen LogP contribution < -0.4 is 10.1 Å². The first kappa shape index (κ1) is 20.6. The number of fused-ring (bicyclic) bond motifs is 2. The first-order valence-corrected chi connectivity index (χ1v) is 12.1. The Balaban J connectivity index is 1.10. The number of ether oxygens (including phenoxy) is 1. The second-order valence-electron chi connectivity index (χ2n) is 9.50. The van der Waals surface area contributed by atoms with Crippen molar-refractivity contribution in [3.63, 3.8) is 0 Å². The summed E-state index contributed by atoms with van der Waals surface area (Å²) in [6, 6.07) is 16.8. The highest BCUT2D eigenvalue weighted by molar-refractivity contribution is 5.98. The van der Waals surface area contributed by atoms with Gasteiger partial charge < -0.3 is 15.0 Å². The summed E-state index contributed by atoms with van der Waals surface area (Å²) in [6.07, 6.45) is 5.25. The normalized spacial score (nSPS) is 23.3. The molecule has 1 N–H and O–H groups in total. The van der Waals surface area contributed by atoms with E-state index in [0.717, 1.165) is 74.4 Å². The SMILES string of the molecule is O=C1c2ccc(O[C@H]3CCN(Cc4cccc5ncccc45)C3)cc2CN1C1CCCNC1. The highest BCUT2D eigenvalue weighted by Gasteiger charge is 2.34. The molecule has 3 aliphatic rings. The number of likely N-dealkylation sites (tertiary alicyclic amines) is 1. The number of hydrogen-bond acceptors (Lipinski definition) is 5. The molecule has 6 nitrogen and oxygen atoms in total. The third-order valence-corrected chi connectivity index (χ3v) is 7.28. The van der Waals surface area contributed by atoms with Crippen LogP contribution >= 0.6 is 0 Å². The number of carbonyl (C=O) groups is 1. The lowest BCUT2D eigenvalue weighted by atomic mass is 10.1. The zero-order chi connectivity index (χ0) is 22.2. The number of amides is 1. The minimum atomic E-state index is 0.168. The summed E-state index contributed by atoms with van der Waals surface area (Å²) in [4.78, 5) is 21.9. The molecule has 0 saturated carbocycles. The number of aromatic nitrogens is 1. The fourth-order valence-corrected chi connectivity index (χ4v) is 5.56. The van der Waals surface area contributed by atoms with Gasteiger partial charge in [0, 0.05) is 55.9 Å². The van der Waals surface area contributed by atoms with E-state index in [1.807, 2.05) is 29.3 Å². The molecule has 0 radical (unpaired) electrons. The molecule has 3 aliphatic heterocycles. The van der Waals surface area contributed by atoms with Crippen molar-refractivity contribution in [1.82, 2.24) is 20.1 Å². The molecule has 1 aromatic heterocycles. The number of rotatable bonds is 5. The van der Waals surface area contributed by atoms with Crippen LogP contribution in [0.15, 0.2) is 54.7 Å². The van der Waals surface area contributed by atoms with E-state index in [0.29, 0.717) is 12.6 Å². The number of piperidine rings is 1. The number of benzene rings is 2. The molecule has 4 heterocycles. The molecule has 6 rings (SSSR count). The minimum Gasteiger partial charge on any atom is -0.489 e. The molecular formula is C27H30N4O2. The van der Waals surface area contributed by atoms with E-state index in [-0.39, 0.29) is 12.0 Å². The number of nitrogens with zero attached hydrogens (tertiary/aromatic N) is 3. The fraction of sp³-hybridized carbons (Fsp3) is 0.407. The number of carbonyl (C=O) groups excluding carboxylic acids is 1. The summed E-state index contributed by atoms with van der Waals surface area (Å²) >= 11 is 0. The van der Waals surface area contributed by atoms with Gasteiger partial charge in [0.1, 0.15) is 11.9 Å². The van der Waals surface area contributed by atoms with E-state index < -0.39 is 0 Å². The van der Waals surface area contributed by atoms with Gasteiger partial charge >= 0.3 is 0 Å². The van der Waals surface area contributed by atoms with E-state index in [1.54, 1.807) is 0 Å². The Morgan fingerprint density at radius 1 is 1.12 bits per heavy atom. The van der Waals surface area contributed by atoms with Crippen molar-refractivity contribution in [2.75, 3.05) is 26.2 Å². The summed E-state index contributed by atoms with van der Waals surface area (Å²) in [5, 5.41) is 4.65. The Bertz CT molecular complexity index is 1170. The third kappa shape index (κ3) is 4.09. The molecule has 1 amide bonds. The Labute approximate surface area is 194 Å². The third-order valence-electron chi connectivity index (χ3n) is 7.28. The van der Waals surface area contributed by atoms with Gasteiger partial charge in [-0.25, -0.2) is 0 Å². The first-order chi connectivity index (χ1) is 16.2. The van der Waals surface area contributed by atoms with Gasteiger partial charge in [0.25, 0.3) is 5.91 Å². The fourth-order valence-electron chi connectivity index (χ4n) is 5.56. The molecule has 3 aromatic rings. The van der Waals surface area contributed by atoms with Crippen LogP contribution in [-0.4, -0.2) is 59.0 Å². The van der Waals surface area contributed by atoms with Crippen LogP contribution in [0.1, 0.15) is 40.7 Å². The van der Waals surface area contributed by atoms with Crippen LogP contribution in [0.3, 0.4) is 0 Å². The van der Waals surface area contributed by atoms with E-state index in [1.165, 1.54) is 10.9 Å². The van der Waals surface area contributed by atoms with Gasteiger partial charge in [-0.2, -0.15) is 0 Å². The Hall–Kier alpha value is -2.96. The summed E-state index contributed by atoms with van der Waals surface area (Å²) in [5.41, 5.74) is 4.30. The van der Waals surface area contributed by atoms with Crippen molar-refractivity contribution in [2.45, 2.75) is 44.5 Å². The maximum Gasteiger partial charge on any atom is 0.254 e. The Morgan fingerprint density at radius 2 is 2.09 bits per heavy atom. The maximum absolute atomic E-state index is 12.9. The van der Waals surface area contributed by atoms with Crippen LogP contribution in [0.4, 0.5) is 0 Å². The average molecular weight is 443 g/mol. The largest absolute Gasteiger partial charge is 0.489 e. The molecule has 2 aromatic carbocycles. The molecule has 0 bridgehead atoms. The zero-order valence-corrected chi connectivity index (χ0v) is 18.9. The van der Waals surface area contributed by atoms with Gasteiger partial charge in [0.2, 0.25) is 0 Å². The van der Waals surface area contributed by atoms with Crippen LogP contribution in [0.5, 0.6) is 5.75 Å². The molecule has 170 valence electrons. The predicted molar refractivity (Wildman–Crippen MR) is 128 cm³/mol. The zero-order valence-electron chi connectivity index (χ0n) is 18.9.